The molecule has 0 saturated heterocycles. The molecule has 0 N–H and O–H groups in total. The fourth-order valence-electron chi connectivity index (χ4n) is 14.1. The van der Waals surface area contributed by atoms with E-state index in [9.17, 15) is 0 Å². The van der Waals surface area contributed by atoms with Crippen molar-refractivity contribution in [1.82, 2.24) is 4.98 Å². The van der Waals surface area contributed by atoms with Crippen molar-refractivity contribution < 1.29 is 8.83 Å². The molecule has 4 aliphatic rings. The Kier molecular flexibility index (Phi) is 10.4. The lowest BCUT2D eigenvalue weighted by molar-refractivity contribution is 0.651. The number of aromatic nitrogens is 1. The van der Waals surface area contributed by atoms with Crippen LogP contribution in [0.25, 0.3) is 33.2 Å². The average molecular weight is 1090 g/mol. The molecule has 0 bridgehead atoms. The minimum Gasteiger partial charge on any atom is -0.468 e. The summed E-state index contributed by atoms with van der Waals surface area (Å²) in [5, 5.41) is 2.09. The number of fused-ring (bicyclic) bond motifs is 12. The molecular formula is C75H48B2N6O2. The van der Waals surface area contributed by atoms with E-state index in [1.165, 1.54) is 0 Å². The predicted octanol–water partition coefficient (Wildman–Crippen LogP) is 15.9. The van der Waals surface area contributed by atoms with E-state index in [0.717, 1.165) is 152 Å². The summed E-state index contributed by atoms with van der Waals surface area (Å²) in [6.07, 6.45) is 1.89. The number of rotatable bonds is 8. The van der Waals surface area contributed by atoms with E-state index in [0.29, 0.717) is 0 Å². The molecule has 8 nitrogen and oxygen atoms in total. The Morgan fingerprint density at radius 1 is 0.318 bits per heavy atom. The van der Waals surface area contributed by atoms with Gasteiger partial charge < -0.3 is 33.3 Å². The third-order valence-corrected chi connectivity index (χ3v) is 17.5. The number of hydrogen-bond donors (Lipinski definition) is 0. The van der Waals surface area contributed by atoms with Crippen LogP contribution in [0.5, 0.6) is 0 Å². The van der Waals surface area contributed by atoms with Gasteiger partial charge in [-0.2, -0.15) is 0 Å². The van der Waals surface area contributed by atoms with E-state index in [4.69, 9.17) is 13.8 Å². The molecule has 0 radical (unpaired) electrons. The van der Waals surface area contributed by atoms with Gasteiger partial charge in [-0.05, 0) is 161 Å². The predicted molar refractivity (Wildman–Crippen MR) is 352 cm³/mol. The normalized spacial score (nSPS) is 13.3. The van der Waals surface area contributed by atoms with E-state index < -0.39 is 0 Å². The Morgan fingerprint density at radius 3 is 1.14 bits per heavy atom. The summed E-state index contributed by atoms with van der Waals surface area (Å²) in [4.78, 5) is 17.3. The molecule has 396 valence electrons. The van der Waals surface area contributed by atoms with Gasteiger partial charge in [0.25, 0.3) is 13.4 Å². The minimum absolute atomic E-state index is 0.344. The summed E-state index contributed by atoms with van der Waals surface area (Å²) in [5.74, 6) is 0. The van der Waals surface area contributed by atoms with Gasteiger partial charge in [0.05, 0.1) is 34.1 Å². The maximum Gasteiger partial charge on any atom is 0.297 e. The molecule has 85 heavy (non-hydrogen) atoms. The minimum atomic E-state index is -0.360. The van der Waals surface area contributed by atoms with Crippen LogP contribution in [-0.2, 0) is 0 Å². The molecular weight excluding hydrogens is 1040 g/mol. The number of furan rings is 2. The standard InChI is InChI=1S/C75H48B2N6O2/c1-7-25-50(26-8-1)79(51-27-9-2-10-28-51)56-45-66-71-67(46-56)83(55-35-17-6-18-36-55)73-58-38-20-22-41-69(58)85-75(73)77(71)60-47-59-62(48-63(60)81(66)53-31-13-4-14-32-53)80(52-29-11-3-12-30-52)64-43-49(61-39-23-24-42-78-61)44-65-70(64)76(59)74-72(57-37-19-21-40-68(57)84-74)82(65)54-33-15-5-16-34-54/h1-48H. The first-order valence-corrected chi connectivity index (χ1v) is 29.0. The molecule has 10 heteroatoms. The Labute approximate surface area is 492 Å². The molecule has 14 aromatic rings. The van der Waals surface area contributed by atoms with Crippen molar-refractivity contribution in [3.8, 4) is 11.3 Å². The zero-order valence-electron chi connectivity index (χ0n) is 45.9. The van der Waals surface area contributed by atoms with Crippen LogP contribution in [0.2, 0.25) is 0 Å². The van der Waals surface area contributed by atoms with Gasteiger partial charge in [-0.1, -0.05) is 146 Å². The van der Waals surface area contributed by atoms with Crippen LogP contribution in [0.15, 0.2) is 300 Å². The number of anilines is 15. The van der Waals surface area contributed by atoms with E-state index in [1.807, 2.05) is 12.3 Å². The molecule has 0 spiro atoms. The van der Waals surface area contributed by atoms with Gasteiger partial charge in [-0.15, -0.1) is 0 Å². The summed E-state index contributed by atoms with van der Waals surface area (Å²) in [5.41, 5.74) is 25.6. The molecule has 0 atom stereocenters. The van der Waals surface area contributed by atoms with Crippen LogP contribution in [-0.4, -0.2) is 18.4 Å². The Hall–Kier alpha value is -11.2. The number of benzene rings is 11. The monoisotopic (exact) mass is 1090 g/mol. The number of hydrogen-bond acceptors (Lipinski definition) is 8. The number of pyridine rings is 1. The smallest absolute Gasteiger partial charge is 0.297 e. The molecule has 18 rings (SSSR count). The number of para-hydroxylation sites is 8. The third kappa shape index (κ3) is 7.09. The van der Waals surface area contributed by atoms with Gasteiger partial charge >= 0.3 is 0 Å². The zero-order valence-corrected chi connectivity index (χ0v) is 45.9. The molecule has 0 aliphatic carbocycles. The molecule has 0 fully saturated rings. The van der Waals surface area contributed by atoms with Gasteiger partial charge in [0, 0.05) is 90.8 Å². The highest BCUT2D eigenvalue weighted by atomic mass is 16.3. The lowest BCUT2D eigenvalue weighted by Crippen LogP contribution is -2.65. The quantitative estimate of drug-likeness (QED) is 0.140. The Bertz CT molecular complexity index is 4890. The summed E-state index contributed by atoms with van der Waals surface area (Å²) in [7, 11) is 0. The Balaban J connectivity index is 0.993. The molecule has 11 aromatic carbocycles. The van der Waals surface area contributed by atoms with Gasteiger partial charge in [0.1, 0.15) is 11.2 Å². The number of nitrogens with zero attached hydrogens (tertiary/aromatic N) is 6. The van der Waals surface area contributed by atoms with Crippen molar-refractivity contribution in [2.75, 3.05) is 24.5 Å². The highest BCUT2D eigenvalue weighted by Crippen LogP contribution is 2.53. The van der Waals surface area contributed by atoms with Gasteiger partial charge in [0.2, 0.25) is 0 Å². The van der Waals surface area contributed by atoms with Crippen LogP contribution >= 0.6 is 0 Å². The SMILES string of the molecule is c1ccc(N(c2ccccc2)c2cc3c4c(c2)N(c2ccccc2)c2c(oc5ccccc25)B4c2cc4c(cc2N3c2ccccc2)N(c2ccccc2)c2cc(-c3ccccn3)cc3c2B4c2oc4ccccc4c2N3c2ccccc2)cc1. The second-order valence-corrected chi connectivity index (χ2v) is 22.2. The highest BCUT2D eigenvalue weighted by Gasteiger charge is 2.52. The molecule has 4 aliphatic heterocycles. The van der Waals surface area contributed by atoms with Gasteiger partial charge in [-0.3, -0.25) is 4.98 Å². The van der Waals surface area contributed by atoms with Gasteiger partial charge in [-0.25, -0.2) is 0 Å². The molecule has 0 amide bonds. The molecule has 0 unspecified atom stereocenters. The second kappa shape index (κ2) is 18.7. The van der Waals surface area contributed by atoms with E-state index in [2.05, 4.69) is 304 Å². The fraction of sp³-hybridized carbons (Fsp3) is 0. The summed E-state index contributed by atoms with van der Waals surface area (Å²) in [6, 6.07) is 103. The van der Waals surface area contributed by atoms with Crippen molar-refractivity contribution in [3.63, 3.8) is 0 Å². The summed E-state index contributed by atoms with van der Waals surface area (Å²) < 4.78 is 14.9. The largest absolute Gasteiger partial charge is 0.468 e. The Morgan fingerprint density at radius 2 is 0.694 bits per heavy atom. The molecule has 7 heterocycles. The lowest BCUT2D eigenvalue weighted by Gasteiger charge is -2.46. The highest BCUT2D eigenvalue weighted by molar-refractivity contribution is 7.02. The fourth-order valence-corrected chi connectivity index (χ4v) is 14.1. The van der Waals surface area contributed by atoms with Gasteiger partial charge in [0.15, 0.2) is 0 Å². The zero-order chi connectivity index (χ0) is 55.7. The van der Waals surface area contributed by atoms with Crippen LogP contribution in [0.1, 0.15) is 0 Å². The molecule has 0 saturated carbocycles. The van der Waals surface area contributed by atoms with Crippen LogP contribution in [0, 0.1) is 0 Å². The first kappa shape index (κ1) is 47.4. The van der Waals surface area contributed by atoms with Crippen molar-refractivity contribution in [3.05, 3.63) is 291 Å². The molecule has 3 aromatic heterocycles. The van der Waals surface area contributed by atoms with E-state index in [-0.39, 0.29) is 13.4 Å². The average Bonchev–Trinajstić information content (AvgIpc) is 1.76. The topological polar surface area (TPSA) is 55.4 Å². The van der Waals surface area contributed by atoms with Crippen LogP contribution in [0.3, 0.4) is 0 Å². The first-order valence-electron chi connectivity index (χ1n) is 29.0. The summed E-state index contributed by atoms with van der Waals surface area (Å²) in [6.45, 7) is -0.704. The third-order valence-electron chi connectivity index (χ3n) is 17.5. The lowest BCUT2D eigenvalue weighted by atomic mass is 9.32. The van der Waals surface area contributed by atoms with Crippen molar-refractivity contribution in [2.24, 2.45) is 0 Å². The van der Waals surface area contributed by atoms with Crippen molar-refractivity contribution in [1.29, 1.82) is 0 Å². The van der Waals surface area contributed by atoms with Crippen molar-refractivity contribution in [2.45, 2.75) is 0 Å². The summed E-state index contributed by atoms with van der Waals surface area (Å²) >= 11 is 0. The maximum absolute atomic E-state index is 7.48. The van der Waals surface area contributed by atoms with Crippen LogP contribution in [0.4, 0.5) is 85.3 Å². The maximum atomic E-state index is 7.48. The van der Waals surface area contributed by atoms with E-state index in [1.54, 1.807) is 0 Å². The second-order valence-electron chi connectivity index (χ2n) is 22.2. The van der Waals surface area contributed by atoms with Crippen LogP contribution < -0.4 is 57.7 Å². The first-order chi connectivity index (χ1) is 42.2. The van der Waals surface area contributed by atoms with Crippen molar-refractivity contribution >= 4 is 154 Å². The van der Waals surface area contributed by atoms with E-state index >= 15 is 0 Å².